The van der Waals surface area contributed by atoms with Crippen LogP contribution in [0.15, 0.2) is 30.6 Å². The number of imidazole rings is 1. The van der Waals surface area contributed by atoms with Gasteiger partial charge in [-0.25, -0.2) is 9.37 Å². The Balaban J connectivity index is 1.57. The van der Waals surface area contributed by atoms with Crippen LogP contribution in [0.5, 0.6) is 0 Å². The second-order valence-corrected chi connectivity index (χ2v) is 7.00. The Labute approximate surface area is 163 Å². The molecule has 1 atom stereocenters. The first-order valence-corrected chi connectivity index (χ1v) is 9.79. The van der Waals surface area contributed by atoms with Crippen molar-refractivity contribution in [2.24, 2.45) is 0 Å². The van der Waals surface area contributed by atoms with Crippen molar-refractivity contribution in [1.29, 1.82) is 0 Å². The molecule has 3 heterocycles. The number of anilines is 2. The van der Waals surface area contributed by atoms with Crippen molar-refractivity contribution in [2.45, 2.75) is 45.4 Å². The minimum atomic E-state index is -0.243. The number of aryl methyl sites for hydroxylation is 1. The first-order chi connectivity index (χ1) is 13.7. The molecule has 4 rings (SSSR count). The molecular weight excluding hydrogens is 359 g/mol. The highest BCUT2D eigenvalue weighted by Crippen LogP contribution is 2.22. The highest BCUT2D eigenvalue weighted by Gasteiger charge is 2.17. The fourth-order valence-corrected chi connectivity index (χ4v) is 3.35. The standard InChI is InChI=1S/C20H25FN6O/c1-2-9-27-13-24-17-18(22-11-14-5-7-15(21)8-6-14)25-20(26-19(17)27)23-12-16-4-3-10-28-16/h5-8,13,16H,2-4,9-12H2,1H3,(H2,22,23,25,26)/t16-/m1/s1. The van der Waals surface area contributed by atoms with E-state index in [0.717, 1.165) is 49.1 Å². The van der Waals surface area contributed by atoms with E-state index in [2.05, 4.69) is 32.5 Å². The lowest BCUT2D eigenvalue weighted by Gasteiger charge is -2.13. The van der Waals surface area contributed by atoms with E-state index in [1.54, 1.807) is 18.5 Å². The predicted octanol–water partition coefficient (Wildman–Crippen LogP) is 3.58. The number of benzene rings is 1. The minimum Gasteiger partial charge on any atom is -0.376 e. The maximum atomic E-state index is 13.1. The predicted molar refractivity (Wildman–Crippen MR) is 107 cm³/mol. The average Bonchev–Trinajstić information content (AvgIpc) is 3.36. The molecule has 1 aliphatic rings. The van der Waals surface area contributed by atoms with E-state index in [-0.39, 0.29) is 11.9 Å². The van der Waals surface area contributed by atoms with Gasteiger partial charge in [0.05, 0.1) is 12.4 Å². The van der Waals surface area contributed by atoms with Crippen LogP contribution < -0.4 is 10.6 Å². The minimum absolute atomic E-state index is 0.204. The number of hydrogen-bond acceptors (Lipinski definition) is 6. The summed E-state index contributed by atoms with van der Waals surface area (Å²) in [5.41, 5.74) is 2.50. The van der Waals surface area contributed by atoms with Gasteiger partial charge in [-0.05, 0) is 37.0 Å². The molecule has 0 aliphatic carbocycles. The van der Waals surface area contributed by atoms with E-state index in [4.69, 9.17) is 4.74 Å². The summed E-state index contributed by atoms with van der Waals surface area (Å²) >= 11 is 0. The van der Waals surface area contributed by atoms with Crippen LogP contribution in [-0.4, -0.2) is 38.8 Å². The fraction of sp³-hybridized carbons (Fsp3) is 0.450. The highest BCUT2D eigenvalue weighted by molar-refractivity contribution is 5.84. The van der Waals surface area contributed by atoms with Gasteiger partial charge >= 0.3 is 0 Å². The van der Waals surface area contributed by atoms with Crippen molar-refractivity contribution in [1.82, 2.24) is 19.5 Å². The molecule has 3 aromatic rings. The van der Waals surface area contributed by atoms with Crippen LogP contribution >= 0.6 is 0 Å². The Morgan fingerprint density at radius 2 is 2.07 bits per heavy atom. The van der Waals surface area contributed by atoms with Crippen molar-refractivity contribution in [3.05, 3.63) is 42.0 Å². The number of hydrogen-bond donors (Lipinski definition) is 2. The monoisotopic (exact) mass is 384 g/mol. The number of rotatable bonds is 8. The van der Waals surface area contributed by atoms with Crippen LogP contribution in [-0.2, 0) is 17.8 Å². The molecule has 0 bridgehead atoms. The lowest BCUT2D eigenvalue weighted by atomic mass is 10.2. The largest absolute Gasteiger partial charge is 0.376 e. The first-order valence-electron chi connectivity index (χ1n) is 9.79. The molecule has 0 saturated carbocycles. The maximum Gasteiger partial charge on any atom is 0.226 e. The molecule has 1 aliphatic heterocycles. The fourth-order valence-electron chi connectivity index (χ4n) is 3.35. The van der Waals surface area contributed by atoms with Gasteiger partial charge in [-0.3, -0.25) is 0 Å². The van der Waals surface area contributed by atoms with Gasteiger partial charge in [-0.15, -0.1) is 0 Å². The van der Waals surface area contributed by atoms with Gasteiger partial charge < -0.3 is 19.9 Å². The molecule has 1 saturated heterocycles. The number of aromatic nitrogens is 4. The molecule has 2 N–H and O–H groups in total. The van der Waals surface area contributed by atoms with Gasteiger partial charge in [0.25, 0.3) is 0 Å². The molecule has 0 amide bonds. The summed E-state index contributed by atoms with van der Waals surface area (Å²) in [4.78, 5) is 13.8. The summed E-state index contributed by atoms with van der Waals surface area (Å²) in [7, 11) is 0. The van der Waals surface area contributed by atoms with Crippen molar-refractivity contribution in [3.63, 3.8) is 0 Å². The number of halogens is 1. The SMILES string of the molecule is CCCn1cnc2c(NCc3ccc(F)cc3)nc(NC[C@H]3CCCO3)nc21. The zero-order valence-electron chi connectivity index (χ0n) is 16.0. The average molecular weight is 384 g/mol. The van der Waals surface area contributed by atoms with E-state index >= 15 is 0 Å². The van der Waals surface area contributed by atoms with E-state index in [9.17, 15) is 4.39 Å². The third kappa shape index (κ3) is 4.22. The van der Waals surface area contributed by atoms with Crippen LogP contribution in [0, 0.1) is 5.82 Å². The maximum absolute atomic E-state index is 13.1. The topological polar surface area (TPSA) is 76.9 Å². The first kappa shape index (κ1) is 18.6. The number of fused-ring (bicyclic) bond motifs is 1. The quantitative estimate of drug-likeness (QED) is 0.618. The zero-order valence-corrected chi connectivity index (χ0v) is 16.0. The van der Waals surface area contributed by atoms with Gasteiger partial charge in [-0.1, -0.05) is 19.1 Å². The van der Waals surface area contributed by atoms with Crippen LogP contribution in [0.2, 0.25) is 0 Å². The van der Waals surface area contributed by atoms with Gasteiger partial charge in [0, 0.05) is 26.2 Å². The van der Waals surface area contributed by atoms with Gasteiger partial charge in [0.1, 0.15) is 5.82 Å². The third-order valence-corrected chi connectivity index (χ3v) is 4.81. The second-order valence-electron chi connectivity index (χ2n) is 7.00. The molecule has 7 nitrogen and oxygen atoms in total. The summed E-state index contributed by atoms with van der Waals surface area (Å²) in [6.45, 7) is 5.00. The Bertz CT molecular complexity index is 920. The van der Waals surface area contributed by atoms with Crippen LogP contribution in [0.1, 0.15) is 31.7 Å². The lowest BCUT2D eigenvalue weighted by Crippen LogP contribution is -2.20. The molecule has 28 heavy (non-hydrogen) atoms. The lowest BCUT2D eigenvalue weighted by molar-refractivity contribution is 0.120. The molecule has 0 spiro atoms. The van der Waals surface area contributed by atoms with E-state index < -0.39 is 0 Å². The second kappa shape index (κ2) is 8.52. The van der Waals surface area contributed by atoms with Gasteiger partial charge in [-0.2, -0.15) is 9.97 Å². The molecule has 148 valence electrons. The smallest absolute Gasteiger partial charge is 0.226 e. The Kier molecular flexibility index (Phi) is 5.66. The van der Waals surface area contributed by atoms with Crippen LogP contribution in [0.3, 0.4) is 0 Å². The number of ether oxygens (including phenoxy) is 1. The third-order valence-electron chi connectivity index (χ3n) is 4.81. The summed E-state index contributed by atoms with van der Waals surface area (Å²) in [6.07, 6.45) is 5.15. The zero-order chi connectivity index (χ0) is 19.3. The van der Waals surface area contributed by atoms with E-state index in [1.165, 1.54) is 12.1 Å². The van der Waals surface area contributed by atoms with Gasteiger partial charge in [0.2, 0.25) is 5.95 Å². The van der Waals surface area contributed by atoms with Crippen molar-refractivity contribution in [2.75, 3.05) is 23.8 Å². The summed E-state index contributed by atoms with van der Waals surface area (Å²) in [5.74, 6) is 0.980. The van der Waals surface area contributed by atoms with E-state index in [1.807, 2.05) is 4.57 Å². The van der Waals surface area contributed by atoms with Crippen molar-refractivity contribution >= 4 is 22.9 Å². The van der Waals surface area contributed by atoms with E-state index in [0.29, 0.717) is 24.9 Å². The number of nitrogens with zero attached hydrogens (tertiary/aromatic N) is 4. The van der Waals surface area contributed by atoms with Crippen molar-refractivity contribution in [3.8, 4) is 0 Å². The molecule has 0 unspecified atom stereocenters. The molecule has 0 radical (unpaired) electrons. The van der Waals surface area contributed by atoms with Crippen molar-refractivity contribution < 1.29 is 9.13 Å². The molecule has 2 aromatic heterocycles. The van der Waals surface area contributed by atoms with Crippen LogP contribution in [0.4, 0.5) is 16.2 Å². The van der Waals surface area contributed by atoms with Crippen LogP contribution in [0.25, 0.3) is 11.2 Å². The van der Waals surface area contributed by atoms with Gasteiger partial charge in [0.15, 0.2) is 17.0 Å². The molecule has 8 heteroatoms. The summed E-state index contributed by atoms with van der Waals surface area (Å²) in [6, 6.07) is 6.42. The Hall–Kier alpha value is -2.74. The normalized spacial score (nSPS) is 16.6. The molecular formula is C20H25FN6O. The molecule has 1 aromatic carbocycles. The number of nitrogens with one attached hydrogen (secondary N) is 2. The summed E-state index contributed by atoms with van der Waals surface area (Å²) in [5, 5.41) is 6.63. The molecule has 1 fully saturated rings. The summed E-state index contributed by atoms with van der Waals surface area (Å²) < 4.78 is 20.8. The Morgan fingerprint density at radius 3 is 2.82 bits per heavy atom. The highest BCUT2D eigenvalue weighted by atomic mass is 19.1. The Morgan fingerprint density at radius 1 is 1.21 bits per heavy atom.